The fourth-order valence-electron chi connectivity index (χ4n) is 2.09. The van der Waals surface area contributed by atoms with Crippen LogP contribution in [0.25, 0.3) is 0 Å². The van der Waals surface area contributed by atoms with Crippen LogP contribution in [0.5, 0.6) is 0 Å². The number of carbonyl (C=O) groups excluding carboxylic acids is 2. The highest BCUT2D eigenvalue weighted by molar-refractivity contribution is 7.85. The fraction of sp³-hybridized carbons (Fsp3) is 0.909. The Morgan fingerprint density at radius 1 is 1.29 bits per heavy atom. The van der Waals surface area contributed by atoms with Gasteiger partial charge in [0.1, 0.15) is 0 Å². The van der Waals surface area contributed by atoms with Crippen molar-refractivity contribution < 1.29 is 36.9 Å². The summed E-state index contributed by atoms with van der Waals surface area (Å²) in [4.78, 5) is 35.1. The van der Waals surface area contributed by atoms with Crippen LogP contribution in [0.1, 0.15) is 46.5 Å². The minimum absolute atomic E-state index is 0.0665. The molecule has 126 valence electrons. The van der Waals surface area contributed by atoms with Crippen molar-refractivity contribution in [3.63, 3.8) is 0 Å². The van der Waals surface area contributed by atoms with Crippen LogP contribution in [0, 0.1) is 5.92 Å². The molecule has 0 heterocycles. The molecule has 21 heavy (non-hydrogen) atoms. The summed E-state index contributed by atoms with van der Waals surface area (Å²) in [5.41, 5.74) is 0. The van der Waals surface area contributed by atoms with Gasteiger partial charge in [-0.25, -0.2) is 0 Å². The number of hydrogen-bond acceptors (Lipinski definition) is 5. The maximum atomic E-state index is 11.5. The van der Waals surface area contributed by atoms with Gasteiger partial charge in [-0.05, 0) is 25.7 Å². The SMILES string of the molecule is CCCCC(C)(CC(C)CS(=O)(=O)O)P(=O)(O)O.O=C=O. The van der Waals surface area contributed by atoms with Crippen molar-refractivity contribution in [1.82, 2.24) is 0 Å². The highest BCUT2D eigenvalue weighted by Gasteiger charge is 2.42. The first-order valence-corrected chi connectivity index (χ1v) is 9.55. The van der Waals surface area contributed by atoms with Gasteiger partial charge in [0.05, 0.1) is 10.9 Å². The van der Waals surface area contributed by atoms with Gasteiger partial charge in [0.15, 0.2) is 0 Å². The van der Waals surface area contributed by atoms with E-state index in [4.69, 9.17) is 14.1 Å². The standard InChI is InChI=1S/C10H23O6PS.CO2/c1-4-5-6-10(3,17(11,12)13)7-9(2)8-18(14,15)16;2-1-3/h9H,4-8H2,1-3H3,(H2,11,12,13)(H,14,15,16);. The van der Waals surface area contributed by atoms with Crippen molar-refractivity contribution in [3.8, 4) is 0 Å². The lowest BCUT2D eigenvalue weighted by atomic mass is 9.93. The molecule has 0 amide bonds. The van der Waals surface area contributed by atoms with Crippen molar-refractivity contribution in [1.29, 1.82) is 0 Å². The summed E-state index contributed by atoms with van der Waals surface area (Å²) >= 11 is 0. The van der Waals surface area contributed by atoms with Crippen LogP contribution in [-0.4, -0.2) is 39.8 Å². The molecule has 0 aromatic rings. The first-order chi connectivity index (χ1) is 9.33. The van der Waals surface area contributed by atoms with Crippen molar-refractivity contribution in [2.75, 3.05) is 5.75 Å². The Morgan fingerprint density at radius 2 is 1.71 bits per heavy atom. The Bertz CT molecular complexity index is 476. The van der Waals surface area contributed by atoms with Crippen LogP contribution in [0.15, 0.2) is 0 Å². The molecular weight excluding hydrogens is 323 g/mol. The van der Waals surface area contributed by atoms with Gasteiger partial charge >= 0.3 is 13.7 Å². The molecule has 0 aliphatic carbocycles. The summed E-state index contributed by atoms with van der Waals surface area (Å²) in [5, 5.41) is -1.23. The van der Waals surface area contributed by atoms with Gasteiger partial charge in [0.25, 0.3) is 10.1 Å². The summed E-state index contributed by atoms with van der Waals surface area (Å²) in [6.07, 6.45) is 2.13. The Hall–Kier alpha value is -0.560. The molecule has 0 saturated heterocycles. The molecule has 0 rings (SSSR count). The third-order valence-corrected chi connectivity index (χ3v) is 5.86. The summed E-state index contributed by atoms with van der Waals surface area (Å²) < 4.78 is 41.8. The topological polar surface area (TPSA) is 146 Å². The monoisotopic (exact) mass is 346 g/mol. The normalized spacial score (nSPS) is 16.1. The first kappa shape index (κ1) is 22.7. The predicted octanol–water partition coefficient (Wildman–Crippen LogP) is 1.44. The van der Waals surface area contributed by atoms with Crippen LogP contribution in [0.4, 0.5) is 0 Å². The molecule has 0 aromatic carbocycles. The Kier molecular flexibility index (Phi) is 10.2. The van der Waals surface area contributed by atoms with Gasteiger partial charge in [-0.2, -0.15) is 18.0 Å². The highest BCUT2D eigenvalue weighted by atomic mass is 32.2. The van der Waals surface area contributed by atoms with E-state index in [-0.39, 0.29) is 12.6 Å². The van der Waals surface area contributed by atoms with E-state index >= 15 is 0 Å². The largest absolute Gasteiger partial charge is 0.373 e. The van der Waals surface area contributed by atoms with Gasteiger partial charge in [0.2, 0.25) is 0 Å². The smallest absolute Gasteiger partial charge is 0.324 e. The molecule has 10 heteroatoms. The zero-order chi connectivity index (χ0) is 17.3. The van der Waals surface area contributed by atoms with E-state index in [1.807, 2.05) is 6.92 Å². The Labute approximate surface area is 124 Å². The maximum absolute atomic E-state index is 11.5. The molecule has 2 atom stereocenters. The molecule has 0 saturated carbocycles. The average molecular weight is 346 g/mol. The average Bonchev–Trinajstić information content (AvgIpc) is 2.23. The first-order valence-electron chi connectivity index (χ1n) is 6.33. The van der Waals surface area contributed by atoms with Gasteiger partial charge in [-0.1, -0.05) is 26.7 Å². The predicted molar refractivity (Wildman–Crippen MR) is 75.2 cm³/mol. The van der Waals surface area contributed by atoms with Crippen LogP contribution in [0.2, 0.25) is 0 Å². The lowest BCUT2D eigenvalue weighted by Gasteiger charge is -2.32. The fourth-order valence-corrected chi connectivity index (χ4v) is 3.93. The molecule has 3 N–H and O–H groups in total. The summed E-state index contributed by atoms with van der Waals surface area (Å²) in [5.74, 6) is -0.983. The van der Waals surface area contributed by atoms with Crippen molar-refractivity contribution >= 4 is 23.9 Å². The van der Waals surface area contributed by atoms with E-state index in [1.165, 1.54) is 6.92 Å². The second kappa shape index (κ2) is 9.46. The zero-order valence-corrected chi connectivity index (χ0v) is 14.1. The lowest BCUT2D eigenvalue weighted by molar-refractivity contribution is -0.191. The number of rotatable bonds is 8. The van der Waals surface area contributed by atoms with Gasteiger partial charge in [-0.15, -0.1) is 0 Å². The van der Waals surface area contributed by atoms with E-state index < -0.39 is 34.5 Å². The molecule has 0 bridgehead atoms. The summed E-state index contributed by atoms with van der Waals surface area (Å²) in [6, 6.07) is 0. The van der Waals surface area contributed by atoms with Crippen LogP contribution >= 0.6 is 7.60 Å². The molecule has 0 aromatic heterocycles. The third-order valence-electron chi connectivity index (χ3n) is 3.06. The van der Waals surface area contributed by atoms with Crippen LogP contribution in [-0.2, 0) is 24.3 Å². The molecule has 0 aliphatic heterocycles. The number of unbranched alkanes of at least 4 members (excludes halogenated alkanes) is 1. The van der Waals surface area contributed by atoms with E-state index in [2.05, 4.69) is 0 Å². The highest BCUT2D eigenvalue weighted by Crippen LogP contribution is 2.56. The maximum Gasteiger partial charge on any atom is 0.373 e. The third kappa shape index (κ3) is 10.8. The van der Waals surface area contributed by atoms with E-state index in [0.717, 1.165) is 6.42 Å². The molecule has 8 nitrogen and oxygen atoms in total. The molecule has 0 aliphatic rings. The second-order valence-electron chi connectivity index (χ2n) is 5.29. The van der Waals surface area contributed by atoms with Crippen molar-refractivity contribution in [3.05, 3.63) is 0 Å². The minimum atomic E-state index is -4.31. The van der Waals surface area contributed by atoms with Crippen molar-refractivity contribution in [2.24, 2.45) is 5.92 Å². The van der Waals surface area contributed by atoms with E-state index in [0.29, 0.717) is 12.8 Å². The Morgan fingerprint density at radius 3 is 2.00 bits per heavy atom. The summed E-state index contributed by atoms with van der Waals surface area (Å²) in [7, 11) is -8.43. The molecule has 2 unspecified atom stereocenters. The second-order valence-corrected chi connectivity index (χ2v) is 8.95. The molecular formula is C11H23O8PS. The van der Waals surface area contributed by atoms with Crippen molar-refractivity contribution in [2.45, 2.75) is 51.6 Å². The van der Waals surface area contributed by atoms with E-state index in [9.17, 15) is 22.8 Å². The van der Waals surface area contributed by atoms with Gasteiger partial charge in [0, 0.05) is 0 Å². The quantitative estimate of drug-likeness (QED) is 0.442. The molecule has 0 radical (unpaired) electrons. The summed E-state index contributed by atoms with van der Waals surface area (Å²) in [6.45, 7) is 4.96. The van der Waals surface area contributed by atoms with Gasteiger partial charge < -0.3 is 9.79 Å². The van der Waals surface area contributed by atoms with Gasteiger partial charge in [-0.3, -0.25) is 9.12 Å². The lowest BCUT2D eigenvalue weighted by Crippen LogP contribution is -2.29. The minimum Gasteiger partial charge on any atom is -0.324 e. The van der Waals surface area contributed by atoms with E-state index in [1.54, 1.807) is 6.92 Å². The number of hydrogen-bond donors (Lipinski definition) is 3. The van der Waals surface area contributed by atoms with Crippen LogP contribution in [0.3, 0.4) is 0 Å². The zero-order valence-electron chi connectivity index (χ0n) is 12.4. The van der Waals surface area contributed by atoms with Crippen LogP contribution < -0.4 is 0 Å². The molecule has 0 spiro atoms. The Balaban J connectivity index is 0. The molecule has 0 fully saturated rings.